The first kappa shape index (κ1) is 18.7. The first-order chi connectivity index (χ1) is 11.6. The molecular weight excluding hydrogens is 348 g/mol. The van der Waals surface area contributed by atoms with Crippen LogP contribution in [0.25, 0.3) is 0 Å². The van der Waals surface area contributed by atoms with E-state index in [0.717, 1.165) is 4.31 Å². The van der Waals surface area contributed by atoms with Gasteiger partial charge in [0.05, 0.1) is 5.56 Å². The van der Waals surface area contributed by atoms with Crippen molar-refractivity contribution >= 4 is 21.9 Å². The van der Waals surface area contributed by atoms with E-state index in [1.807, 2.05) is 0 Å². The van der Waals surface area contributed by atoms with Gasteiger partial charge in [-0.1, -0.05) is 12.1 Å². The number of aromatic carboxylic acids is 1. The maximum atomic E-state index is 12.1. The molecule has 0 bridgehead atoms. The second-order valence-electron chi connectivity index (χ2n) is 5.50. The van der Waals surface area contributed by atoms with Gasteiger partial charge in [0.25, 0.3) is 5.91 Å². The number of benzene rings is 1. The smallest absolute Gasteiger partial charge is 0.335 e. The highest BCUT2D eigenvalue weighted by molar-refractivity contribution is 7.89. The Morgan fingerprint density at radius 1 is 1.20 bits per heavy atom. The van der Waals surface area contributed by atoms with Gasteiger partial charge in [-0.3, -0.25) is 4.79 Å². The van der Waals surface area contributed by atoms with Crippen LogP contribution in [-0.4, -0.2) is 43.8 Å². The molecule has 2 N–H and O–H groups in total. The lowest BCUT2D eigenvalue weighted by molar-refractivity contribution is 0.0696. The van der Waals surface area contributed by atoms with Crippen LogP contribution in [0.2, 0.25) is 0 Å². The second kappa shape index (κ2) is 7.08. The summed E-state index contributed by atoms with van der Waals surface area (Å²) in [6, 6.07) is 7.22. The Morgan fingerprint density at radius 2 is 1.80 bits per heavy atom. The standard InChI is InChI=1S/C16H18N2O6S/c1-10-14(25(22,23)18(2)3)8-13(24-10)15(19)17-9-11-4-6-12(7-5-11)16(20)21/h4-8H,9H2,1-3H3,(H,17,19)(H,20,21). The number of carboxylic acids is 1. The van der Waals surface area contributed by atoms with Crippen molar-refractivity contribution in [3.63, 3.8) is 0 Å². The lowest BCUT2D eigenvalue weighted by Gasteiger charge is -2.09. The minimum absolute atomic E-state index is 0.0616. The zero-order valence-corrected chi connectivity index (χ0v) is 14.8. The molecule has 134 valence electrons. The number of carbonyl (C=O) groups excluding carboxylic acids is 1. The third-order valence-corrected chi connectivity index (χ3v) is 5.43. The molecular formula is C16H18N2O6S. The summed E-state index contributed by atoms with van der Waals surface area (Å²) in [5.41, 5.74) is 0.845. The molecule has 1 amide bonds. The predicted octanol–water partition coefficient (Wildman–Crippen LogP) is 1.47. The summed E-state index contributed by atoms with van der Waals surface area (Å²) in [6.07, 6.45) is 0. The number of hydrogen-bond acceptors (Lipinski definition) is 5. The summed E-state index contributed by atoms with van der Waals surface area (Å²) in [4.78, 5) is 22.9. The number of amides is 1. The van der Waals surface area contributed by atoms with Crippen molar-refractivity contribution in [3.05, 3.63) is 53.0 Å². The normalized spacial score (nSPS) is 11.5. The van der Waals surface area contributed by atoms with Crippen LogP contribution in [0.3, 0.4) is 0 Å². The topological polar surface area (TPSA) is 117 Å². The number of carboxylic acid groups (broad SMARTS) is 1. The summed E-state index contributed by atoms with van der Waals surface area (Å²) >= 11 is 0. The number of sulfonamides is 1. The maximum Gasteiger partial charge on any atom is 0.335 e. The summed E-state index contributed by atoms with van der Waals surface area (Å²) in [5, 5.41) is 11.4. The fourth-order valence-corrected chi connectivity index (χ4v) is 3.12. The van der Waals surface area contributed by atoms with Gasteiger partial charge in [-0.05, 0) is 24.6 Å². The van der Waals surface area contributed by atoms with Gasteiger partial charge in [0.15, 0.2) is 5.76 Å². The first-order valence-electron chi connectivity index (χ1n) is 7.26. The summed E-state index contributed by atoms with van der Waals surface area (Å²) in [7, 11) is -0.914. The Bertz CT molecular complexity index is 897. The van der Waals surface area contributed by atoms with Gasteiger partial charge in [-0.15, -0.1) is 0 Å². The number of rotatable bonds is 6. The molecule has 1 heterocycles. The SMILES string of the molecule is Cc1oc(C(=O)NCc2ccc(C(=O)O)cc2)cc1S(=O)(=O)N(C)C. The van der Waals surface area contributed by atoms with Crippen molar-refractivity contribution in [3.8, 4) is 0 Å². The van der Waals surface area contributed by atoms with Crippen molar-refractivity contribution < 1.29 is 27.5 Å². The molecule has 2 rings (SSSR count). The number of carbonyl (C=O) groups is 2. The largest absolute Gasteiger partial charge is 0.478 e. The van der Waals surface area contributed by atoms with Gasteiger partial charge in [0.2, 0.25) is 10.0 Å². The van der Waals surface area contributed by atoms with Gasteiger partial charge in [0, 0.05) is 26.7 Å². The molecule has 1 aromatic carbocycles. The van der Waals surface area contributed by atoms with Crippen LogP contribution in [0.4, 0.5) is 0 Å². The highest BCUT2D eigenvalue weighted by Crippen LogP contribution is 2.22. The van der Waals surface area contributed by atoms with E-state index < -0.39 is 21.9 Å². The van der Waals surface area contributed by atoms with E-state index in [9.17, 15) is 18.0 Å². The molecule has 8 nitrogen and oxygen atoms in total. The molecule has 0 fully saturated rings. The Balaban J connectivity index is 2.10. The van der Waals surface area contributed by atoms with Gasteiger partial charge in [-0.25, -0.2) is 17.5 Å². The highest BCUT2D eigenvalue weighted by atomic mass is 32.2. The van der Waals surface area contributed by atoms with Crippen LogP contribution in [0.1, 0.15) is 32.2 Å². The molecule has 0 spiro atoms. The summed E-state index contributed by atoms with van der Waals surface area (Å²) < 4.78 is 30.6. The van der Waals surface area contributed by atoms with Gasteiger partial charge < -0.3 is 14.8 Å². The quantitative estimate of drug-likeness (QED) is 0.799. The zero-order chi connectivity index (χ0) is 18.8. The average molecular weight is 366 g/mol. The summed E-state index contributed by atoms with van der Waals surface area (Å²) in [6.45, 7) is 1.62. The van der Waals surface area contributed by atoms with Crippen LogP contribution in [-0.2, 0) is 16.6 Å². The minimum Gasteiger partial charge on any atom is -0.478 e. The lowest BCUT2D eigenvalue weighted by Crippen LogP contribution is -2.23. The van der Waals surface area contributed by atoms with Crippen LogP contribution in [0.15, 0.2) is 39.6 Å². The molecule has 0 saturated heterocycles. The Hall–Kier alpha value is -2.65. The van der Waals surface area contributed by atoms with Crippen LogP contribution >= 0.6 is 0 Å². The van der Waals surface area contributed by atoms with E-state index in [2.05, 4.69) is 5.32 Å². The zero-order valence-electron chi connectivity index (χ0n) is 13.9. The van der Waals surface area contributed by atoms with Crippen LogP contribution in [0.5, 0.6) is 0 Å². The highest BCUT2D eigenvalue weighted by Gasteiger charge is 2.25. The fourth-order valence-electron chi connectivity index (χ4n) is 2.06. The van der Waals surface area contributed by atoms with E-state index in [1.54, 1.807) is 12.1 Å². The Kier molecular flexibility index (Phi) is 5.29. The Labute approximate surface area is 145 Å². The van der Waals surface area contributed by atoms with Crippen molar-refractivity contribution in [2.45, 2.75) is 18.4 Å². The summed E-state index contributed by atoms with van der Waals surface area (Å²) in [5.74, 6) is -1.58. The molecule has 0 aliphatic rings. The number of nitrogens with one attached hydrogen (secondary N) is 1. The third kappa shape index (κ3) is 4.06. The van der Waals surface area contributed by atoms with E-state index in [4.69, 9.17) is 9.52 Å². The van der Waals surface area contributed by atoms with Crippen LogP contribution < -0.4 is 5.32 Å². The van der Waals surface area contributed by atoms with Crippen molar-refractivity contribution in [1.29, 1.82) is 0 Å². The van der Waals surface area contributed by atoms with Gasteiger partial charge >= 0.3 is 5.97 Å². The molecule has 1 aromatic heterocycles. The molecule has 0 aliphatic carbocycles. The fraction of sp³-hybridized carbons (Fsp3) is 0.250. The molecule has 0 saturated carbocycles. The van der Waals surface area contributed by atoms with Crippen molar-refractivity contribution in [2.75, 3.05) is 14.1 Å². The maximum absolute atomic E-state index is 12.1. The molecule has 0 aliphatic heterocycles. The Morgan fingerprint density at radius 3 is 2.32 bits per heavy atom. The van der Waals surface area contributed by atoms with Crippen LogP contribution in [0, 0.1) is 6.92 Å². The molecule has 2 aromatic rings. The average Bonchev–Trinajstić information content (AvgIpc) is 2.95. The first-order valence-corrected chi connectivity index (χ1v) is 8.70. The van der Waals surface area contributed by atoms with Gasteiger partial charge in [0.1, 0.15) is 10.7 Å². The monoisotopic (exact) mass is 366 g/mol. The number of hydrogen-bond donors (Lipinski definition) is 2. The van der Waals surface area contributed by atoms with E-state index in [1.165, 1.54) is 39.2 Å². The number of furan rings is 1. The molecule has 0 radical (unpaired) electrons. The molecule has 0 unspecified atom stereocenters. The molecule has 9 heteroatoms. The van der Waals surface area contributed by atoms with E-state index >= 15 is 0 Å². The van der Waals surface area contributed by atoms with Crippen molar-refractivity contribution in [2.24, 2.45) is 0 Å². The van der Waals surface area contributed by atoms with Crippen molar-refractivity contribution in [1.82, 2.24) is 9.62 Å². The van der Waals surface area contributed by atoms with Gasteiger partial charge in [-0.2, -0.15) is 0 Å². The molecule has 0 atom stereocenters. The lowest BCUT2D eigenvalue weighted by atomic mass is 10.1. The predicted molar refractivity (Wildman–Crippen MR) is 88.9 cm³/mol. The third-order valence-electron chi connectivity index (χ3n) is 3.51. The van der Waals surface area contributed by atoms with E-state index in [-0.39, 0.29) is 28.5 Å². The van der Waals surface area contributed by atoms with E-state index in [0.29, 0.717) is 5.56 Å². The minimum atomic E-state index is -3.70. The number of nitrogens with zero attached hydrogens (tertiary/aromatic N) is 1. The number of aryl methyl sites for hydroxylation is 1. The second-order valence-corrected chi connectivity index (χ2v) is 7.62. The molecule has 25 heavy (non-hydrogen) atoms.